The molecule has 0 amide bonds. The fraction of sp³-hybridized carbons (Fsp3) is 0.778. The molecule has 11 heavy (non-hydrogen) atoms. The van der Waals surface area contributed by atoms with Gasteiger partial charge in [-0.1, -0.05) is 6.92 Å². The van der Waals surface area contributed by atoms with Gasteiger partial charge in [-0.25, -0.2) is 0 Å². The van der Waals surface area contributed by atoms with Crippen LogP contribution in [0.2, 0.25) is 0 Å². The van der Waals surface area contributed by atoms with Crippen molar-refractivity contribution < 1.29 is 5.11 Å². The minimum atomic E-state index is -0.290. The summed E-state index contributed by atoms with van der Waals surface area (Å²) < 4.78 is 0. The maximum absolute atomic E-state index is 8.95. The summed E-state index contributed by atoms with van der Waals surface area (Å²) >= 11 is 0. The van der Waals surface area contributed by atoms with Gasteiger partial charge in [0.15, 0.2) is 0 Å². The Bertz CT molecular complexity index is 126. The standard InChI is InChI=1S/C9H17NO/c1-4-6-9(5-2)10-7-8(3)11/h1,8-11H,5-7H2,2-3H3. The van der Waals surface area contributed by atoms with E-state index in [1.165, 1.54) is 0 Å². The Morgan fingerprint density at radius 1 is 1.64 bits per heavy atom. The lowest BCUT2D eigenvalue weighted by molar-refractivity contribution is 0.186. The van der Waals surface area contributed by atoms with Gasteiger partial charge in [-0.3, -0.25) is 0 Å². The van der Waals surface area contributed by atoms with Gasteiger partial charge in [-0.15, -0.1) is 12.3 Å². The molecule has 2 heteroatoms. The Balaban J connectivity index is 3.45. The van der Waals surface area contributed by atoms with E-state index in [1.54, 1.807) is 6.92 Å². The third-order valence-corrected chi connectivity index (χ3v) is 1.56. The van der Waals surface area contributed by atoms with E-state index in [9.17, 15) is 0 Å². The summed E-state index contributed by atoms with van der Waals surface area (Å²) in [7, 11) is 0. The Hall–Kier alpha value is -0.520. The summed E-state index contributed by atoms with van der Waals surface area (Å²) in [6.07, 6.45) is 6.62. The van der Waals surface area contributed by atoms with Gasteiger partial charge in [0.05, 0.1) is 6.10 Å². The van der Waals surface area contributed by atoms with Gasteiger partial charge in [-0.05, 0) is 13.3 Å². The second-order valence-corrected chi connectivity index (χ2v) is 2.77. The molecule has 0 aliphatic rings. The molecule has 0 aromatic heterocycles. The highest BCUT2D eigenvalue weighted by molar-refractivity contribution is 4.89. The third kappa shape index (κ3) is 5.90. The number of rotatable bonds is 5. The summed E-state index contributed by atoms with van der Waals surface area (Å²) in [5.41, 5.74) is 0. The van der Waals surface area contributed by atoms with Crippen LogP contribution < -0.4 is 5.32 Å². The van der Waals surface area contributed by atoms with Crippen LogP contribution in [0.1, 0.15) is 26.7 Å². The lowest BCUT2D eigenvalue weighted by Gasteiger charge is -2.14. The van der Waals surface area contributed by atoms with Crippen LogP contribution in [-0.2, 0) is 0 Å². The smallest absolute Gasteiger partial charge is 0.0636 e. The van der Waals surface area contributed by atoms with E-state index < -0.39 is 0 Å². The van der Waals surface area contributed by atoms with Crippen molar-refractivity contribution in [3.05, 3.63) is 0 Å². The van der Waals surface area contributed by atoms with Crippen LogP contribution in [0.5, 0.6) is 0 Å². The molecule has 0 rings (SSSR count). The molecule has 0 saturated heterocycles. The molecule has 0 fully saturated rings. The largest absolute Gasteiger partial charge is 0.392 e. The number of aliphatic hydroxyl groups is 1. The van der Waals surface area contributed by atoms with Gasteiger partial charge < -0.3 is 10.4 Å². The van der Waals surface area contributed by atoms with Crippen molar-refractivity contribution in [3.8, 4) is 12.3 Å². The van der Waals surface area contributed by atoms with Crippen molar-refractivity contribution in [2.24, 2.45) is 0 Å². The molecule has 0 heterocycles. The summed E-state index contributed by atoms with van der Waals surface area (Å²) in [4.78, 5) is 0. The number of hydrogen-bond acceptors (Lipinski definition) is 2. The van der Waals surface area contributed by atoms with E-state index in [4.69, 9.17) is 11.5 Å². The molecule has 0 aliphatic carbocycles. The topological polar surface area (TPSA) is 32.3 Å². The maximum atomic E-state index is 8.95. The minimum Gasteiger partial charge on any atom is -0.392 e. The van der Waals surface area contributed by atoms with E-state index >= 15 is 0 Å². The molecule has 2 unspecified atom stereocenters. The zero-order valence-electron chi connectivity index (χ0n) is 7.30. The molecule has 0 aromatic carbocycles. The van der Waals surface area contributed by atoms with Crippen molar-refractivity contribution in [1.29, 1.82) is 0 Å². The molecule has 0 radical (unpaired) electrons. The molecule has 0 aromatic rings. The summed E-state index contributed by atoms with van der Waals surface area (Å²) in [6.45, 7) is 4.47. The highest BCUT2D eigenvalue weighted by Crippen LogP contribution is 1.95. The lowest BCUT2D eigenvalue weighted by Crippen LogP contribution is -2.33. The van der Waals surface area contributed by atoms with Crippen LogP contribution >= 0.6 is 0 Å². The van der Waals surface area contributed by atoms with E-state index in [0.29, 0.717) is 12.6 Å². The van der Waals surface area contributed by atoms with Gasteiger partial charge in [0, 0.05) is 19.0 Å². The van der Waals surface area contributed by atoms with E-state index in [2.05, 4.69) is 18.2 Å². The van der Waals surface area contributed by atoms with Gasteiger partial charge in [0.2, 0.25) is 0 Å². The van der Waals surface area contributed by atoms with Crippen LogP contribution in [0, 0.1) is 12.3 Å². The molecular formula is C9H17NO. The average Bonchev–Trinajstić information content (AvgIpc) is 1.97. The molecule has 2 N–H and O–H groups in total. The van der Waals surface area contributed by atoms with Crippen LogP contribution in [0.25, 0.3) is 0 Å². The van der Waals surface area contributed by atoms with Crippen LogP contribution in [0.15, 0.2) is 0 Å². The third-order valence-electron chi connectivity index (χ3n) is 1.56. The Labute approximate surface area is 69.0 Å². The highest BCUT2D eigenvalue weighted by Gasteiger charge is 2.03. The normalized spacial score (nSPS) is 15.5. The van der Waals surface area contributed by atoms with Gasteiger partial charge in [-0.2, -0.15) is 0 Å². The minimum absolute atomic E-state index is 0.290. The van der Waals surface area contributed by atoms with Crippen molar-refractivity contribution in [3.63, 3.8) is 0 Å². The van der Waals surface area contributed by atoms with Crippen LogP contribution in [0.4, 0.5) is 0 Å². The molecule has 64 valence electrons. The second kappa shape index (κ2) is 6.21. The number of nitrogens with one attached hydrogen (secondary N) is 1. The van der Waals surface area contributed by atoms with E-state index in [-0.39, 0.29) is 6.10 Å². The zero-order valence-corrected chi connectivity index (χ0v) is 7.30. The molecule has 0 spiro atoms. The summed E-state index contributed by atoms with van der Waals surface area (Å²) in [5.74, 6) is 2.60. The van der Waals surface area contributed by atoms with Crippen LogP contribution in [-0.4, -0.2) is 23.8 Å². The molecule has 0 aliphatic heterocycles. The SMILES string of the molecule is C#CCC(CC)NCC(C)O. The number of terminal acetylenes is 1. The first-order valence-corrected chi connectivity index (χ1v) is 4.05. The first kappa shape index (κ1) is 10.5. The molecular weight excluding hydrogens is 138 g/mol. The van der Waals surface area contributed by atoms with E-state index in [0.717, 1.165) is 12.8 Å². The van der Waals surface area contributed by atoms with Crippen molar-refractivity contribution in [2.45, 2.75) is 38.8 Å². The molecule has 2 nitrogen and oxygen atoms in total. The first-order valence-electron chi connectivity index (χ1n) is 4.05. The highest BCUT2D eigenvalue weighted by atomic mass is 16.3. The quantitative estimate of drug-likeness (QED) is 0.574. The van der Waals surface area contributed by atoms with Gasteiger partial charge >= 0.3 is 0 Å². The summed E-state index contributed by atoms with van der Waals surface area (Å²) in [5, 5.41) is 12.1. The number of aliphatic hydroxyl groups excluding tert-OH is 1. The fourth-order valence-electron chi connectivity index (χ4n) is 0.840. The first-order chi connectivity index (χ1) is 5.20. The Morgan fingerprint density at radius 3 is 2.64 bits per heavy atom. The maximum Gasteiger partial charge on any atom is 0.0636 e. The number of hydrogen-bond donors (Lipinski definition) is 2. The lowest BCUT2D eigenvalue weighted by atomic mass is 10.1. The van der Waals surface area contributed by atoms with Crippen molar-refractivity contribution in [1.82, 2.24) is 5.32 Å². The fourth-order valence-corrected chi connectivity index (χ4v) is 0.840. The predicted molar refractivity (Wildman–Crippen MR) is 47.2 cm³/mol. The Morgan fingerprint density at radius 2 is 2.27 bits per heavy atom. The molecule has 2 atom stereocenters. The van der Waals surface area contributed by atoms with Crippen molar-refractivity contribution in [2.75, 3.05) is 6.54 Å². The van der Waals surface area contributed by atoms with Gasteiger partial charge in [0.25, 0.3) is 0 Å². The van der Waals surface area contributed by atoms with Crippen LogP contribution in [0.3, 0.4) is 0 Å². The average molecular weight is 155 g/mol. The predicted octanol–water partition coefficient (Wildman–Crippen LogP) is 0.759. The second-order valence-electron chi connectivity index (χ2n) is 2.77. The zero-order chi connectivity index (χ0) is 8.69. The Kier molecular flexibility index (Phi) is 5.91. The van der Waals surface area contributed by atoms with Crippen molar-refractivity contribution >= 4 is 0 Å². The monoisotopic (exact) mass is 155 g/mol. The summed E-state index contributed by atoms with van der Waals surface area (Å²) in [6, 6.07) is 0.356. The van der Waals surface area contributed by atoms with E-state index in [1.807, 2.05) is 0 Å². The molecule has 0 bridgehead atoms. The molecule has 0 saturated carbocycles. The van der Waals surface area contributed by atoms with Gasteiger partial charge in [0.1, 0.15) is 0 Å².